The van der Waals surface area contributed by atoms with Crippen LogP contribution in [0, 0.1) is 5.92 Å². The van der Waals surface area contributed by atoms with Crippen molar-refractivity contribution in [3.8, 4) is 11.5 Å². The first-order valence-electron chi connectivity index (χ1n) is 10.2. The average Bonchev–Trinajstić information content (AvgIpc) is 2.78. The molecule has 30 heavy (non-hydrogen) atoms. The van der Waals surface area contributed by atoms with Gasteiger partial charge in [0.2, 0.25) is 5.91 Å². The summed E-state index contributed by atoms with van der Waals surface area (Å²) < 4.78 is 10.7. The van der Waals surface area contributed by atoms with Crippen molar-refractivity contribution in [2.75, 3.05) is 33.4 Å². The highest BCUT2D eigenvalue weighted by Crippen LogP contribution is 2.20. The first-order chi connectivity index (χ1) is 14.5. The molecule has 7 heteroatoms. The van der Waals surface area contributed by atoms with Gasteiger partial charge < -0.3 is 20.5 Å². The molecule has 1 aliphatic heterocycles. The third-order valence-corrected chi connectivity index (χ3v) is 5.35. The summed E-state index contributed by atoms with van der Waals surface area (Å²) in [6, 6.07) is 14.7. The minimum atomic E-state index is -0.525. The first-order valence-corrected chi connectivity index (χ1v) is 10.2. The highest BCUT2D eigenvalue weighted by Gasteiger charge is 2.20. The molecular weight excluding hydrogens is 382 g/mol. The summed E-state index contributed by atoms with van der Waals surface area (Å²) in [7, 11) is 1.67. The van der Waals surface area contributed by atoms with Crippen molar-refractivity contribution < 1.29 is 19.1 Å². The summed E-state index contributed by atoms with van der Waals surface area (Å²) in [5, 5.41) is 2.95. The quantitative estimate of drug-likeness (QED) is 0.660. The molecule has 0 bridgehead atoms. The number of nitrogens with two attached hydrogens (primary N) is 1. The highest BCUT2D eigenvalue weighted by molar-refractivity contribution is 5.93. The number of benzene rings is 2. The maximum atomic E-state index is 12.1. The molecule has 0 radical (unpaired) electrons. The Morgan fingerprint density at radius 2 is 1.83 bits per heavy atom. The number of carbonyl (C=O) groups is 2. The van der Waals surface area contributed by atoms with Crippen LogP contribution in [0.2, 0.25) is 0 Å². The van der Waals surface area contributed by atoms with Gasteiger partial charge in [-0.05, 0) is 67.7 Å². The molecule has 7 nitrogen and oxygen atoms in total. The van der Waals surface area contributed by atoms with Gasteiger partial charge in [0.05, 0.1) is 7.11 Å². The van der Waals surface area contributed by atoms with E-state index in [1.807, 2.05) is 12.1 Å². The maximum Gasteiger partial charge on any atom is 0.257 e. The summed E-state index contributed by atoms with van der Waals surface area (Å²) >= 11 is 0. The van der Waals surface area contributed by atoms with E-state index in [9.17, 15) is 9.59 Å². The SMILES string of the molecule is COc1ccc(CN2CCC(CNC(=O)COc3cccc(C(N)=O)c3)CC2)cc1. The van der Waals surface area contributed by atoms with Crippen molar-refractivity contribution in [3.05, 3.63) is 59.7 Å². The summed E-state index contributed by atoms with van der Waals surface area (Å²) in [5.74, 6) is 1.11. The van der Waals surface area contributed by atoms with E-state index in [4.69, 9.17) is 15.2 Å². The number of methoxy groups -OCH3 is 1. The van der Waals surface area contributed by atoms with E-state index in [0.717, 1.165) is 38.2 Å². The van der Waals surface area contributed by atoms with Crippen LogP contribution in [0.1, 0.15) is 28.8 Å². The molecule has 1 saturated heterocycles. The Bertz CT molecular complexity index is 846. The Morgan fingerprint density at radius 3 is 2.50 bits per heavy atom. The van der Waals surface area contributed by atoms with Gasteiger partial charge in [-0.1, -0.05) is 18.2 Å². The summed E-state index contributed by atoms with van der Waals surface area (Å²) in [4.78, 5) is 25.7. The topological polar surface area (TPSA) is 93.9 Å². The summed E-state index contributed by atoms with van der Waals surface area (Å²) in [6.07, 6.45) is 2.11. The van der Waals surface area contributed by atoms with Gasteiger partial charge in [0.15, 0.2) is 6.61 Å². The van der Waals surface area contributed by atoms with E-state index in [1.54, 1.807) is 25.3 Å². The second-order valence-electron chi connectivity index (χ2n) is 7.55. The number of ether oxygens (including phenoxy) is 2. The van der Waals surface area contributed by atoms with Gasteiger partial charge in [-0.15, -0.1) is 0 Å². The fourth-order valence-corrected chi connectivity index (χ4v) is 3.54. The summed E-state index contributed by atoms with van der Waals surface area (Å²) in [6.45, 7) is 3.53. The van der Waals surface area contributed by atoms with Crippen molar-refractivity contribution in [3.63, 3.8) is 0 Å². The lowest BCUT2D eigenvalue weighted by Crippen LogP contribution is -2.39. The van der Waals surface area contributed by atoms with Crippen molar-refractivity contribution in [2.45, 2.75) is 19.4 Å². The molecule has 0 aliphatic carbocycles. The molecule has 3 N–H and O–H groups in total. The Labute approximate surface area is 177 Å². The number of hydrogen-bond donors (Lipinski definition) is 2. The minimum absolute atomic E-state index is 0.0848. The van der Waals surface area contributed by atoms with Crippen LogP contribution < -0.4 is 20.5 Å². The Hall–Kier alpha value is -3.06. The van der Waals surface area contributed by atoms with Gasteiger partial charge in [0.1, 0.15) is 11.5 Å². The van der Waals surface area contributed by atoms with Crippen molar-refractivity contribution in [1.82, 2.24) is 10.2 Å². The van der Waals surface area contributed by atoms with Gasteiger partial charge >= 0.3 is 0 Å². The van der Waals surface area contributed by atoms with E-state index >= 15 is 0 Å². The third-order valence-electron chi connectivity index (χ3n) is 5.35. The number of amides is 2. The molecule has 0 atom stereocenters. The molecule has 160 valence electrons. The second-order valence-corrected chi connectivity index (χ2v) is 7.55. The van der Waals surface area contributed by atoms with Gasteiger partial charge in [-0.3, -0.25) is 14.5 Å². The van der Waals surface area contributed by atoms with Crippen LogP contribution in [-0.2, 0) is 11.3 Å². The number of carbonyl (C=O) groups excluding carboxylic acids is 2. The number of nitrogens with zero attached hydrogens (tertiary/aromatic N) is 1. The summed E-state index contributed by atoms with van der Waals surface area (Å²) in [5.41, 5.74) is 6.88. The van der Waals surface area contributed by atoms with Gasteiger partial charge in [0.25, 0.3) is 5.91 Å². The van der Waals surface area contributed by atoms with Crippen LogP contribution >= 0.6 is 0 Å². The molecule has 0 spiro atoms. The molecule has 0 unspecified atom stereocenters. The standard InChI is InChI=1S/C23H29N3O4/c1-29-20-7-5-18(6-8-20)15-26-11-9-17(10-12-26)14-25-22(27)16-30-21-4-2-3-19(13-21)23(24)28/h2-8,13,17H,9-12,14-16H2,1H3,(H2,24,28)(H,25,27). The normalized spacial score (nSPS) is 14.8. The Kier molecular flexibility index (Phi) is 7.68. The fraction of sp³-hybridized carbons (Fsp3) is 0.391. The monoisotopic (exact) mass is 411 g/mol. The predicted octanol–water partition coefficient (Wildman–Crippen LogP) is 2.20. The number of primary amides is 1. The zero-order chi connectivity index (χ0) is 21.3. The molecular formula is C23H29N3O4. The number of likely N-dealkylation sites (tertiary alicyclic amines) is 1. The fourth-order valence-electron chi connectivity index (χ4n) is 3.54. The van der Waals surface area contributed by atoms with Gasteiger partial charge in [0, 0.05) is 18.7 Å². The van der Waals surface area contributed by atoms with Crippen molar-refractivity contribution >= 4 is 11.8 Å². The molecule has 2 aromatic carbocycles. The molecule has 0 saturated carbocycles. The largest absolute Gasteiger partial charge is 0.497 e. The van der Waals surface area contributed by atoms with Gasteiger partial charge in [-0.25, -0.2) is 0 Å². The van der Waals surface area contributed by atoms with Crippen molar-refractivity contribution in [1.29, 1.82) is 0 Å². The smallest absolute Gasteiger partial charge is 0.257 e. The van der Waals surface area contributed by atoms with E-state index in [-0.39, 0.29) is 12.5 Å². The van der Waals surface area contributed by atoms with Crippen LogP contribution in [0.3, 0.4) is 0 Å². The zero-order valence-electron chi connectivity index (χ0n) is 17.3. The second kappa shape index (κ2) is 10.6. The Balaban J connectivity index is 1.34. The van der Waals surface area contributed by atoms with E-state index in [0.29, 0.717) is 23.8 Å². The van der Waals surface area contributed by atoms with Gasteiger partial charge in [-0.2, -0.15) is 0 Å². The molecule has 3 rings (SSSR count). The number of nitrogens with one attached hydrogen (secondary N) is 1. The third kappa shape index (κ3) is 6.49. The minimum Gasteiger partial charge on any atom is -0.497 e. The molecule has 2 aromatic rings. The molecule has 1 heterocycles. The lowest BCUT2D eigenvalue weighted by Gasteiger charge is -2.32. The molecule has 2 amide bonds. The first kappa shape index (κ1) is 21.6. The van der Waals surface area contributed by atoms with Crippen LogP contribution in [0.25, 0.3) is 0 Å². The number of piperidine rings is 1. The molecule has 1 aliphatic rings. The number of rotatable bonds is 9. The maximum absolute atomic E-state index is 12.1. The Morgan fingerprint density at radius 1 is 1.10 bits per heavy atom. The molecule has 1 fully saturated rings. The van der Waals surface area contributed by atoms with Crippen LogP contribution in [0.5, 0.6) is 11.5 Å². The average molecular weight is 412 g/mol. The van der Waals surface area contributed by atoms with Crippen LogP contribution in [0.4, 0.5) is 0 Å². The lowest BCUT2D eigenvalue weighted by molar-refractivity contribution is -0.123. The van der Waals surface area contributed by atoms with Crippen molar-refractivity contribution in [2.24, 2.45) is 11.7 Å². The zero-order valence-corrected chi connectivity index (χ0v) is 17.3. The van der Waals surface area contributed by atoms with E-state index in [2.05, 4.69) is 22.3 Å². The van der Waals surface area contributed by atoms with Crippen LogP contribution in [0.15, 0.2) is 48.5 Å². The highest BCUT2D eigenvalue weighted by atomic mass is 16.5. The molecule has 0 aromatic heterocycles. The predicted molar refractivity (Wildman–Crippen MR) is 114 cm³/mol. The van der Waals surface area contributed by atoms with E-state index < -0.39 is 5.91 Å². The lowest BCUT2D eigenvalue weighted by atomic mass is 9.96. The number of hydrogen-bond acceptors (Lipinski definition) is 5. The van der Waals surface area contributed by atoms with Crippen LogP contribution in [-0.4, -0.2) is 50.1 Å². The van der Waals surface area contributed by atoms with E-state index in [1.165, 1.54) is 11.6 Å².